The van der Waals surface area contributed by atoms with E-state index < -0.39 is 0 Å². The second kappa shape index (κ2) is 6.57. The topological polar surface area (TPSA) is 42.2 Å². The van der Waals surface area contributed by atoms with E-state index in [1.807, 2.05) is 19.1 Å². The molecule has 0 bridgehead atoms. The molecule has 118 valence electrons. The van der Waals surface area contributed by atoms with Gasteiger partial charge < -0.3 is 4.52 Å². The van der Waals surface area contributed by atoms with Gasteiger partial charge in [-0.2, -0.15) is 4.98 Å². The lowest BCUT2D eigenvalue weighted by Crippen LogP contribution is -2.36. The summed E-state index contributed by atoms with van der Waals surface area (Å²) in [6.45, 7) is 6.03. The van der Waals surface area contributed by atoms with Gasteiger partial charge in [0.25, 0.3) is 0 Å². The van der Waals surface area contributed by atoms with Crippen molar-refractivity contribution in [1.29, 1.82) is 0 Å². The molecule has 1 aliphatic heterocycles. The molecule has 1 saturated heterocycles. The van der Waals surface area contributed by atoms with Crippen LogP contribution in [0, 0.1) is 12.7 Å². The molecule has 0 radical (unpaired) electrons. The third-order valence-electron chi connectivity index (χ3n) is 4.52. The number of rotatable bonds is 4. The number of hydrogen-bond donors (Lipinski definition) is 0. The van der Waals surface area contributed by atoms with Gasteiger partial charge in [0.2, 0.25) is 5.89 Å². The van der Waals surface area contributed by atoms with Gasteiger partial charge in [0, 0.05) is 18.9 Å². The first-order valence-corrected chi connectivity index (χ1v) is 7.97. The first kappa shape index (κ1) is 15.2. The fraction of sp³-hybridized carbons (Fsp3) is 0.529. The van der Waals surface area contributed by atoms with E-state index in [-0.39, 0.29) is 5.82 Å². The van der Waals surface area contributed by atoms with Gasteiger partial charge in [0.05, 0.1) is 0 Å². The lowest BCUT2D eigenvalue weighted by molar-refractivity contribution is 0.145. The van der Waals surface area contributed by atoms with E-state index >= 15 is 0 Å². The molecule has 0 unspecified atom stereocenters. The van der Waals surface area contributed by atoms with Gasteiger partial charge in [0.1, 0.15) is 5.82 Å². The summed E-state index contributed by atoms with van der Waals surface area (Å²) in [7, 11) is 0. The quantitative estimate of drug-likeness (QED) is 0.860. The minimum absolute atomic E-state index is 0.176. The third-order valence-corrected chi connectivity index (χ3v) is 4.52. The minimum atomic E-state index is -0.176. The highest BCUT2D eigenvalue weighted by atomic mass is 19.1. The van der Waals surface area contributed by atoms with Gasteiger partial charge in [-0.05, 0) is 50.0 Å². The highest BCUT2D eigenvalue weighted by Gasteiger charge is 2.28. The maximum atomic E-state index is 13.1. The zero-order valence-electron chi connectivity index (χ0n) is 13.1. The number of benzene rings is 1. The lowest BCUT2D eigenvalue weighted by Gasteiger charge is -2.36. The van der Waals surface area contributed by atoms with Crippen molar-refractivity contribution in [2.24, 2.45) is 0 Å². The summed E-state index contributed by atoms with van der Waals surface area (Å²) in [6.07, 6.45) is 3.10. The Hall–Kier alpha value is -1.75. The van der Waals surface area contributed by atoms with Crippen LogP contribution in [0.3, 0.4) is 0 Å². The molecule has 22 heavy (non-hydrogen) atoms. The SMILES string of the molecule is CC[C@H](c1ccc(F)cc1)N1CCC(c2noc(C)n2)CC1. The van der Waals surface area contributed by atoms with Crippen molar-refractivity contribution in [2.75, 3.05) is 13.1 Å². The Morgan fingerprint density at radius 2 is 1.95 bits per heavy atom. The van der Waals surface area contributed by atoms with Crippen LogP contribution in [0.5, 0.6) is 0 Å². The van der Waals surface area contributed by atoms with Crippen molar-refractivity contribution in [3.8, 4) is 0 Å². The summed E-state index contributed by atoms with van der Waals surface area (Å²) in [5.41, 5.74) is 1.19. The number of aryl methyl sites for hydroxylation is 1. The molecule has 1 atom stereocenters. The molecule has 5 heteroatoms. The van der Waals surface area contributed by atoms with Crippen molar-refractivity contribution in [1.82, 2.24) is 15.0 Å². The number of aromatic nitrogens is 2. The van der Waals surface area contributed by atoms with Crippen molar-refractivity contribution in [3.05, 3.63) is 47.4 Å². The predicted molar refractivity (Wildman–Crippen MR) is 82.0 cm³/mol. The standard InChI is InChI=1S/C17H22FN3O/c1-3-16(13-4-6-15(18)7-5-13)21-10-8-14(9-11-21)17-19-12(2)22-20-17/h4-7,14,16H,3,8-11H2,1-2H3/t16-/m1/s1. The maximum Gasteiger partial charge on any atom is 0.223 e. The van der Waals surface area contributed by atoms with E-state index in [4.69, 9.17) is 4.52 Å². The molecule has 1 fully saturated rings. The van der Waals surface area contributed by atoms with Gasteiger partial charge in [0.15, 0.2) is 5.82 Å². The Morgan fingerprint density at radius 1 is 1.27 bits per heavy atom. The maximum absolute atomic E-state index is 13.1. The van der Waals surface area contributed by atoms with Gasteiger partial charge in [-0.1, -0.05) is 24.2 Å². The van der Waals surface area contributed by atoms with E-state index in [0.717, 1.165) is 38.2 Å². The van der Waals surface area contributed by atoms with Crippen LogP contribution in [0.1, 0.15) is 55.4 Å². The number of hydrogen-bond acceptors (Lipinski definition) is 4. The zero-order valence-corrected chi connectivity index (χ0v) is 13.1. The summed E-state index contributed by atoms with van der Waals surface area (Å²) >= 11 is 0. The summed E-state index contributed by atoms with van der Waals surface area (Å²) in [6, 6.07) is 7.25. The molecule has 2 aromatic rings. The van der Waals surface area contributed by atoms with Gasteiger partial charge in [-0.25, -0.2) is 4.39 Å². The first-order chi connectivity index (χ1) is 10.7. The summed E-state index contributed by atoms with van der Waals surface area (Å²) in [5, 5.41) is 4.05. The third kappa shape index (κ3) is 3.19. The van der Waals surface area contributed by atoms with Crippen molar-refractivity contribution >= 4 is 0 Å². The largest absolute Gasteiger partial charge is 0.340 e. The van der Waals surface area contributed by atoms with Crippen LogP contribution in [-0.4, -0.2) is 28.1 Å². The molecule has 0 N–H and O–H groups in total. The molecule has 2 heterocycles. The van der Waals surface area contributed by atoms with Crippen molar-refractivity contribution in [2.45, 2.75) is 45.1 Å². The highest BCUT2D eigenvalue weighted by Crippen LogP contribution is 2.32. The molecule has 1 aromatic carbocycles. The van der Waals surface area contributed by atoms with E-state index in [1.54, 1.807) is 12.1 Å². The second-order valence-corrected chi connectivity index (χ2v) is 5.96. The number of halogens is 1. The van der Waals surface area contributed by atoms with Crippen LogP contribution in [-0.2, 0) is 0 Å². The molecular formula is C17H22FN3O. The number of nitrogens with zero attached hydrogens (tertiary/aromatic N) is 3. The molecule has 1 aliphatic rings. The Balaban J connectivity index is 1.65. The normalized spacial score (nSPS) is 18.5. The number of piperidine rings is 1. The fourth-order valence-corrected chi connectivity index (χ4v) is 3.34. The Kier molecular flexibility index (Phi) is 4.52. The van der Waals surface area contributed by atoms with Crippen LogP contribution in [0.15, 0.2) is 28.8 Å². The number of likely N-dealkylation sites (tertiary alicyclic amines) is 1. The second-order valence-electron chi connectivity index (χ2n) is 5.96. The van der Waals surface area contributed by atoms with Crippen LogP contribution in [0.25, 0.3) is 0 Å². The monoisotopic (exact) mass is 303 g/mol. The fourth-order valence-electron chi connectivity index (χ4n) is 3.34. The Labute approximate surface area is 130 Å². The lowest BCUT2D eigenvalue weighted by atomic mass is 9.93. The van der Waals surface area contributed by atoms with E-state index in [0.29, 0.717) is 17.9 Å². The molecule has 0 spiro atoms. The molecule has 0 amide bonds. The van der Waals surface area contributed by atoms with Crippen LogP contribution in [0.2, 0.25) is 0 Å². The van der Waals surface area contributed by atoms with Crippen LogP contribution in [0.4, 0.5) is 4.39 Å². The Bertz CT molecular complexity index is 603. The van der Waals surface area contributed by atoms with Crippen molar-refractivity contribution in [3.63, 3.8) is 0 Å². The van der Waals surface area contributed by atoms with Gasteiger partial charge in [-0.3, -0.25) is 4.90 Å². The van der Waals surface area contributed by atoms with Gasteiger partial charge in [-0.15, -0.1) is 0 Å². The van der Waals surface area contributed by atoms with Crippen molar-refractivity contribution < 1.29 is 8.91 Å². The summed E-state index contributed by atoms with van der Waals surface area (Å²) < 4.78 is 18.2. The molecule has 0 saturated carbocycles. The van der Waals surface area contributed by atoms with Gasteiger partial charge >= 0.3 is 0 Å². The highest BCUT2D eigenvalue weighted by molar-refractivity contribution is 5.20. The molecule has 0 aliphatic carbocycles. The predicted octanol–water partition coefficient (Wildman–Crippen LogP) is 3.85. The summed E-state index contributed by atoms with van der Waals surface area (Å²) in [4.78, 5) is 6.84. The average molecular weight is 303 g/mol. The molecule has 4 nitrogen and oxygen atoms in total. The molecular weight excluding hydrogens is 281 g/mol. The molecule has 1 aromatic heterocycles. The first-order valence-electron chi connectivity index (χ1n) is 7.97. The van der Waals surface area contributed by atoms with Crippen LogP contribution >= 0.6 is 0 Å². The zero-order chi connectivity index (χ0) is 15.5. The van der Waals surface area contributed by atoms with Crippen LogP contribution < -0.4 is 0 Å². The smallest absolute Gasteiger partial charge is 0.223 e. The minimum Gasteiger partial charge on any atom is -0.340 e. The Morgan fingerprint density at radius 3 is 2.50 bits per heavy atom. The summed E-state index contributed by atoms with van der Waals surface area (Å²) in [5.74, 6) is 1.69. The van der Waals surface area contributed by atoms with E-state index in [9.17, 15) is 4.39 Å². The average Bonchev–Trinajstić information content (AvgIpc) is 2.97. The molecule has 3 rings (SSSR count). The van der Waals surface area contributed by atoms with E-state index in [1.165, 1.54) is 5.56 Å². The van der Waals surface area contributed by atoms with E-state index in [2.05, 4.69) is 22.0 Å².